The van der Waals surface area contributed by atoms with Gasteiger partial charge in [0.2, 0.25) is 5.91 Å². The second-order valence-electron chi connectivity index (χ2n) is 6.79. The Kier molecular flexibility index (Phi) is 3.49. The lowest BCUT2D eigenvalue weighted by molar-refractivity contribution is -0.126. The van der Waals surface area contributed by atoms with Crippen LogP contribution in [0, 0.1) is 17.8 Å². The van der Waals surface area contributed by atoms with Gasteiger partial charge in [0.25, 0.3) is 0 Å². The van der Waals surface area contributed by atoms with E-state index < -0.39 is 12.1 Å². The molecular formula is C17H21N3O3. The Labute approximate surface area is 134 Å². The van der Waals surface area contributed by atoms with Gasteiger partial charge in [-0.05, 0) is 42.0 Å². The average molecular weight is 315 g/mol. The number of carbonyl (C=O) groups excluding carboxylic acids is 1. The molecule has 0 aromatic heterocycles. The van der Waals surface area contributed by atoms with Crippen molar-refractivity contribution in [3.63, 3.8) is 0 Å². The molecule has 0 radical (unpaired) electrons. The molecule has 1 saturated heterocycles. The second-order valence-corrected chi connectivity index (χ2v) is 6.79. The van der Waals surface area contributed by atoms with Crippen LogP contribution >= 0.6 is 0 Å². The molecule has 2 fully saturated rings. The number of carbonyl (C=O) groups is 2. The summed E-state index contributed by atoms with van der Waals surface area (Å²) in [5, 5.41) is 15.8. The van der Waals surface area contributed by atoms with E-state index in [9.17, 15) is 14.7 Å². The van der Waals surface area contributed by atoms with Crippen LogP contribution in [0.1, 0.15) is 11.1 Å². The fourth-order valence-corrected chi connectivity index (χ4v) is 4.14. The first-order valence-electron chi connectivity index (χ1n) is 8.20. The fraction of sp³-hybridized carbons (Fsp3) is 0.529. The molecule has 122 valence electrons. The zero-order valence-electron chi connectivity index (χ0n) is 12.9. The lowest BCUT2D eigenvalue weighted by atomic mass is 9.94. The molecular weight excluding hydrogens is 294 g/mol. The second kappa shape index (κ2) is 5.53. The van der Waals surface area contributed by atoms with E-state index in [4.69, 9.17) is 0 Å². The Morgan fingerprint density at radius 2 is 1.91 bits per heavy atom. The van der Waals surface area contributed by atoms with E-state index in [1.54, 1.807) is 0 Å². The van der Waals surface area contributed by atoms with E-state index in [1.807, 2.05) is 24.3 Å². The number of hydrogen-bond acceptors (Lipinski definition) is 3. The van der Waals surface area contributed by atoms with Gasteiger partial charge in [0.1, 0.15) is 6.04 Å². The first kappa shape index (κ1) is 14.5. The molecule has 1 aromatic carbocycles. The molecule has 23 heavy (non-hydrogen) atoms. The predicted octanol–water partition coefficient (Wildman–Crippen LogP) is 0.673. The molecule has 3 N–H and O–H groups in total. The highest BCUT2D eigenvalue weighted by atomic mass is 16.4. The van der Waals surface area contributed by atoms with Crippen LogP contribution in [0.3, 0.4) is 0 Å². The molecule has 3 unspecified atom stereocenters. The molecule has 2 amide bonds. The minimum absolute atomic E-state index is 0.167. The third kappa shape index (κ3) is 2.57. The van der Waals surface area contributed by atoms with Crippen LogP contribution in [0.5, 0.6) is 0 Å². The van der Waals surface area contributed by atoms with Crippen molar-refractivity contribution in [1.82, 2.24) is 15.5 Å². The van der Waals surface area contributed by atoms with Gasteiger partial charge in [-0.15, -0.1) is 0 Å². The predicted molar refractivity (Wildman–Crippen MR) is 83.9 cm³/mol. The van der Waals surface area contributed by atoms with Crippen molar-refractivity contribution in [2.24, 2.45) is 17.8 Å². The Bertz CT molecular complexity index is 638. The largest absolute Gasteiger partial charge is 0.465 e. The number of carboxylic acid groups (broad SMARTS) is 1. The molecule has 1 saturated carbocycles. The van der Waals surface area contributed by atoms with Gasteiger partial charge >= 0.3 is 6.09 Å². The number of fused-ring (bicyclic) bond motifs is 2. The van der Waals surface area contributed by atoms with Gasteiger partial charge in [-0.25, -0.2) is 4.79 Å². The Morgan fingerprint density at radius 1 is 1.22 bits per heavy atom. The van der Waals surface area contributed by atoms with Gasteiger partial charge in [0.05, 0.1) is 6.54 Å². The fourth-order valence-electron chi connectivity index (χ4n) is 4.14. The molecule has 1 aliphatic carbocycles. The van der Waals surface area contributed by atoms with Crippen molar-refractivity contribution in [1.29, 1.82) is 0 Å². The average Bonchev–Trinajstić information content (AvgIpc) is 2.99. The lowest BCUT2D eigenvalue weighted by Gasteiger charge is -2.34. The van der Waals surface area contributed by atoms with Crippen molar-refractivity contribution in [2.45, 2.75) is 19.0 Å². The summed E-state index contributed by atoms with van der Waals surface area (Å²) in [6, 6.07) is 7.12. The first-order valence-corrected chi connectivity index (χ1v) is 8.20. The molecule has 6 nitrogen and oxygen atoms in total. The van der Waals surface area contributed by atoms with Crippen LogP contribution in [0.4, 0.5) is 4.79 Å². The summed E-state index contributed by atoms with van der Waals surface area (Å²) >= 11 is 0. The van der Waals surface area contributed by atoms with Crippen molar-refractivity contribution in [2.75, 3.05) is 19.6 Å². The van der Waals surface area contributed by atoms with Gasteiger partial charge in [0.15, 0.2) is 0 Å². The van der Waals surface area contributed by atoms with Crippen LogP contribution < -0.4 is 10.6 Å². The maximum absolute atomic E-state index is 12.5. The summed E-state index contributed by atoms with van der Waals surface area (Å²) in [7, 11) is 0. The standard InChI is InChI=1S/C17H21N3O3/c21-16(19-8-14-12-6-18-7-13(12)14)15-5-10-3-1-2-4-11(10)9-20(15)17(22)23/h1-4,12-15,18H,5-9H2,(H,19,21)(H,22,23). The normalized spacial score (nSPS) is 31.2. The highest BCUT2D eigenvalue weighted by Crippen LogP contribution is 2.48. The van der Waals surface area contributed by atoms with E-state index in [1.165, 1.54) is 4.90 Å². The minimum atomic E-state index is -1.04. The van der Waals surface area contributed by atoms with E-state index in [0.29, 0.717) is 30.7 Å². The summed E-state index contributed by atoms with van der Waals surface area (Å²) in [6.45, 7) is 3.04. The zero-order valence-corrected chi connectivity index (χ0v) is 12.9. The molecule has 0 bridgehead atoms. The van der Waals surface area contributed by atoms with Gasteiger partial charge in [-0.1, -0.05) is 24.3 Å². The van der Waals surface area contributed by atoms with Crippen molar-refractivity contribution in [3.05, 3.63) is 35.4 Å². The monoisotopic (exact) mass is 315 g/mol. The zero-order chi connectivity index (χ0) is 16.0. The number of nitrogens with zero attached hydrogens (tertiary/aromatic N) is 1. The Morgan fingerprint density at radius 3 is 2.61 bits per heavy atom. The summed E-state index contributed by atoms with van der Waals surface area (Å²) in [5.74, 6) is 1.78. The number of rotatable bonds is 3. The number of benzene rings is 1. The van der Waals surface area contributed by atoms with Gasteiger partial charge in [-0.2, -0.15) is 0 Å². The summed E-state index contributed by atoms with van der Waals surface area (Å²) < 4.78 is 0. The highest BCUT2D eigenvalue weighted by molar-refractivity contribution is 5.86. The molecule has 0 spiro atoms. The van der Waals surface area contributed by atoms with Crippen molar-refractivity contribution >= 4 is 12.0 Å². The van der Waals surface area contributed by atoms with E-state index in [-0.39, 0.29) is 12.5 Å². The van der Waals surface area contributed by atoms with E-state index >= 15 is 0 Å². The first-order chi connectivity index (χ1) is 11.1. The van der Waals surface area contributed by atoms with Gasteiger partial charge in [-0.3, -0.25) is 9.69 Å². The van der Waals surface area contributed by atoms with Crippen LogP contribution in [-0.4, -0.2) is 47.7 Å². The van der Waals surface area contributed by atoms with Crippen LogP contribution in [-0.2, 0) is 17.8 Å². The van der Waals surface area contributed by atoms with E-state index in [0.717, 1.165) is 24.2 Å². The third-order valence-electron chi connectivity index (χ3n) is 5.58. The van der Waals surface area contributed by atoms with Crippen molar-refractivity contribution < 1.29 is 14.7 Å². The minimum Gasteiger partial charge on any atom is -0.465 e. The van der Waals surface area contributed by atoms with Gasteiger partial charge < -0.3 is 15.7 Å². The SMILES string of the molecule is O=C(NCC1C2CNCC21)C1Cc2ccccc2CN1C(=O)O. The molecule has 3 aliphatic rings. The topological polar surface area (TPSA) is 81.7 Å². The number of nitrogens with one attached hydrogen (secondary N) is 2. The molecule has 2 heterocycles. The smallest absolute Gasteiger partial charge is 0.408 e. The summed E-state index contributed by atoms with van der Waals surface area (Å²) in [4.78, 5) is 25.3. The number of hydrogen-bond donors (Lipinski definition) is 3. The quantitative estimate of drug-likeness (QED) is 0.766. The summed E-state index contributed by atoms with van der Waals surface area (Å²) in [6.07, 6.45) is -0.583. The molecule has 3 atom stereocenters. The van der Waals surface area contributed by atoms with Gasteiger partial charge in [0, 0.05) is 13.0 Å². The summed E-state index contributed by atoms with van der Waals surface area (Å²) in [5.41, 5.74) is 2.05. The Hall–Kier alpha value is -2.08. The maximum Gasteiger partial charge on any atom is 0.408 e. The number of piperidine rings is 1. The van der Waals surface area contributed by atoms with Crippen LogP contribution in [0.15, 0.2) is 24.3 Å². The van der Waals surface area contributed by atoms with Crippen LogP contribution in [0.25, 0.3) is 0 Å². The number of amides is 2. The Balaban J connectivity index is 1.43. The molecule has 4 rings (SSSR count). The van der Waals surface area contributed by atoms with E-state index in [2.05, 4.69) is 10.6 Å². The molecule has 1 aromatic rings. The van der Waals surface area contributed by atoms with Crippen LogP contribution in [0.2, 0.25) is 0 Å². The molecule has 2 aliphatic heterocycles. The highest BCUT2D eigenvalue weighted by Gasteiger charge is 2.52. The lowest BCUT2D eigenvalue weighted by Crippen LogP contribution is -2.52. The third-order valence-corrected chi connectivity index (χ3v) is 5.58. The molecule has 6 heteroatoms. The van der Waals surface area contributed by atoms with Crippen molar-refractivity contribution in [3.8, 4) is 0 Å². The maximum atomic E-state index is 12.5.